The van der Waals surface area contributed by atoms with E-state index in [1.54, 1.807) is 0 Å². The van der Waals surface area contributed by atoms with Crippen LogP contribution >= 0.6 is 0 Å². The van der Waals surface area contributed by atoms with Crippen LogP contribution in [0, 0.1) is 5.92 Å². The molecular formula is C11H22N2O4. The van der Waals surface area contributed by atoms with Crippen LogP contribution in [-0.4, -0.2) is 36.2 Å². The summed E-state index contributed by atoms with van der Waals surface area (Å²) in [6.07, 6.45) is 2.56. The third-order valence-corrected chi connectivity index (χ3v) is 2.48. The van der Waals surface area contributed by atoms with E-state index in [-0.39, 0.29) is 0 Å². The average molecular weight is 246 g/mol. The van der Waals surface area contributed by atoms with E-state index in [1.807, 2.05) is 6.92 Å². The Hall–Kier alpha value is -1.14. The molecule has 0 aromatic carbocycles. The zero-order valence-corrected chi connectivity index (χ0v) is 10.2. The third kappa shape index (κ3) is 6.23. The van der Waals surface area contributed by atoms with E-state index >= 15 is 0 Å². The average Bonchev–Trinajstić information content (AvgIpc) is 2.29. The van der Waals surface area contributed by atoms with Gasteiger partial charge in [-0.05, 0) is 25.8 Å². The van der Waals surface area contributed by atoms with E-state index in [1.165, 1.54) is 0 Å². The number of nitrogens with two attached hydrogens (primary N) is 2. The van der Waals surface area contributed by atoms with Gasteiger partial charge in [-0.2, -0.15) is 0 Å². The first-order valence-corrected chi connectivity index (χ1v) is 5.89. The smallest absolute Gasteiger partial charge is 0.321 e. The largest absolute Gasteiger partial charge is 0.480 e. The summed E-state index contributed by atoms with van der Waals surface area (Å²) < 4.78 is 4.99. The van der Waals surface area contributed by atoms with Gasteiger partial charge in [0.1, 0.15) is 6.04 Å². The van der Waals surface area contributed by atoms with Crippen LogP contribution in [0.15, 0.2) is 0 Å². The first-order valence-electron chi connectivity index (χ1n) is 5.89. The van der Waals surface area contributed by atoms with Gasteiger partial charge in [0.05, 0.1) is 12.5 Å². The minimum Gasteiger partial charge on any atom is -0.480 e. The normalized spacial score (nSPS) is 14.1. The summed E-state index contributed by atoms with van der Waals surface area (Å²) >= 11 is 0. The van der Waals surface area contributed by atoms with Crippen molar-refractivity contribution in [2.75, 3.05) is 13.2 Å². The number of carbonyl (C=O) groups excluding carboxylic acids is 1. The topological polar surface area (TPSA) is 116 Å². The number of hydrogen-bond acceptors (Lipinski definition) is 5. The highest BCUT2D eigenvalue weighted by atomic mass is 16.5. The molecule has 17 heavy (non-hydrogen) atoms. The summed E-state index contributed by atoms with van der Waals surface area (Å²) in [5, 5.41) is 8.81. The number of unbranched alkanes of at least 4 members (excludes halogenated alkanes) is 1. The lowest BCUT2D eigenvalue weighted by atomic mass is 9.95. The lowest BCUT2D eigenvalue weighted by Gasteiger charge is -2.19. The Balaban J connectivity index is 4.34. The number of carboxylic acid groups (broad SMARTS) is 1. The first-order chi connectivity index (χ1) is 8.04. The Bertz CT molecular complexity index is 246. The molecule has 0 amide bonds. The maximum atomic E-state index is 11.7. The van der Waals surface area contributed by atoms with Gasteiger partial charge in [0.2, 0.25) is 0 Å². The number of esters is 1. The molecule has 0 fully saturated rings. The molecule has 0 aliphatic carbocycles. The van der Waals surface area contributed by atoms with Gasteiger partial charge in [0.15, 0.2) is 0 Å². The molecule has 5 N–H and O–H groups in total. The van der Waals surface area contributed by atoms with Gasteiger partial charge in [-0.1, -0.05) is 13.3 Å². The van der Waals surface area contributed by atoms with E-state index in [0.717, 1.165) is 12.8 Å². The third-order valence-electron chi connectivity index (χ3n) is 2.48. The predicted octanol–water partition coefficient (Wildman–Crippen LogP) is 0.0967. The second-order valence-electron chi connectivity index (χ2n) is 3.92. The molecule has 0 spiro atoms. The van der Waals surface area contributed by atoms with E-state index in [9.17, 15) is 9.59 Å². The van der Waals surface area contributed by atoms with Gasteiger partial charge < -0.3 is 21.3 Å². The Morgan fingerprint density at radius 2 is 2.00 bits per heavy atom. The van der Waals surface area contributed by atoms with E-state index < -0.39 is 23.9 Å². The number of rotatable bonds is 9. The molecule has 0 aliphatic rings. The van der Waals surface area contributed by atoms with E-state index in [4.69, 9.17) is 21.3 Å². The van der Waals surface area contributed by atoms with Crippen molar-refractivity contribution in [3.63, 3.8) is 0 Å². The van der Waals surface area contributed by atoms with E-state index in [0.29, 0.717) is 26.0 Å². The van der Waals surface area contributed by atoms with Gasteiger partial charge in [0.25, 0.3) is 0 Å². The standard InChI is InChI=1S/C11H22N2O4/c1-2-3-7-17-11(16)8(5-4-6-12)9(13)10(14)15/h8-9H,2-7,12-13H2,1H3,(H,14,15)/t8?,9-/m0/s1. The summed E-state index contributed by atoms with van der Waals surface area (Å²) in [7, 11) is 0. The zero-order chi connectivity index (χ0) is 13.3. The molecule has 0 saturated carbocycles. The highest BCUT2D eigenvalue weighted by Crippen LogP contribution is 2.13. The number of ether oxygens (including phenoxy) is 1. The van der Waals surface area contributed by atoms with Crippen molar-refractivity contribution < 1.29 is 19.4 Å². The molecule has 0 bridgehead atoms. The van der Waals surface area contributed by atoms with Crippen molar-refractivity contribution in [1.29, 1.82) is 0 Å². The second-order valence-corrected chi connectivity index (χ2v) is 3.92. The monoisotopic (exact) mass is 246 g/mol. The minimum absolute atomic E-state index is 0.306. The molecule has 1 unspecified atom stereocenters. The molecule has 0 saturated heterocycles. The molecular weight excluding hydrogens is 224 g/mol. The Morgan fingerprint density at radius 3 is 2.47 bits per heavy atom. The van der Waals surface area contributed by atoms with Crippen molar-refractivity contribution in [1.82, 2.24) is 0 Å². The summed E-state index contributed by atoms with van der Waals surface area (Å²) in [5.41, 5.74) is 10.8. The fraction of sp³-hybridized carbons (Fsp3) is 0.818. The second kappa shape index (κ2) is 8.95. The fourth-order valence-corrected chi connectivity index (χ4v) is 1.38. The first kappa shape index (κ1) is 15.9. The molecule has 0 aliphatic heterocycles. The zero-order valence-electron chi connectivity index (χ0n) is 10.2. The number of hydrogen-bond donors (Lipinski definition) is 3. The molecule has 0 heterocycles. The van der Waals surface area contributed by atoms with Gasteiger partial charge in [0, 0.05) is 0 Å². The van der Waals surface area contributed by atoms with Crippen molar-refractivity contribution in [2.45, 2.75) is 38.6 Å². The number of aliphatic carboxylic acids is 1. The molecule has 2 atom stereocenters. The molecule has 0 radical (unpaired) electrons. The van der Waals surface area contributed by atoms with Crippen LogP contribution in [0.4, 0.5) is 0 Å². The molecule has 6 heteroatoms. The number of carbonyl (C=O) groups is 2. The minimum atomic E-state index is -1.23. The maximum Gasteiger partial charge on any atom is 0.321 e. The quantitative estimate of drug-likeness (QED) is 0.392. The van der Waals surface area contributed by atoms with Crippen molar-refractivity contribution >= 4 is 11.9 Å². The van der Waals surface area contributed by atoms with Crippen molar-refractivity contribution in [3.05, 3.63) is 0 Å². The Morgan fingerprint density at radius 1 is 1.35 bits per heavy atom. The highest BCUT2D eigenvalue weighted by molar-refractivity contribution is 5.83. The fourth-order valence-electron chi connectivity index (χ4n) is 1.38. The molecule has 100 valence electrons. The van der Waals surface area contributed by atoms with Crippen LogP contribution in [0.1, 0.15) is 32.6 Å². The van der Waals surface area contributed by atoms with Gasteiger partial charge in [-0.15, -0.1) is 0 Å². The van der Waals surface area contributed by atoms with Crippen molar-refractivity contribution in [2.24, 2.45) is 17.4 Å². The molecule has 0 aromatic heterocycles. The van der Waals surface area contributed by atoms with Gasteiger partial charge in [-0.3, -0.25) is 9.59 Å². The van der Waals surface area contributed by atoms with Crippen LogP contribution in [0.2, 0.25) is 0 Å². The Labute approximate surface area is 101 Å². The van der Waals surface area contributed by atoms with Crippen LogP contribution in [0.5, 0.6) is 0 Å². The molecule has 0 aromatic rings. The predicted molar refractivity (Wildman–Crippen MR) is 63.3 cm³/mol. The van der Waals surface area contributed by atoms with Crippen LogP contribution in [0.3, 0.4) is 0 Å². The van der Waals surface area contributed by atoms with Gasteiger partial charge >= 0.3 is 11.9 Å². The summed E-state index contributed by atoms with van der Waals surface area (Å²) in [6.45, 7) is 2.68. The van der Waals surface area contributed by atoms with Crippen LogP contribution in [-0.2, 0) is 14.3 Å². The Kier molecular flexibility index (Phi) is 8.35. The highest BCUT2D eigenvalue weighted by Gasteiger charge is 2.31. The summed E-state index contributed by atoms with van der Waals surface area (Å²) in [5.74, 6) is -2.55. The lowest BCUT2D eigenvalue weighted by Crippen LogP contribution is -2.43. The SMILES string of the molecule is CCCCOC(=O)C(CCCN)[C@H](N)C(=O)O. The summed E-state index contributed by atoms with van der Waals surface area (Å²) in [4.78, 5) is 22.4. The van der Waals surface area contributed by atoms with Crippen LogP contribution in [0.25, 0.3) is 0 Å². The summed E-state index contributed by atoms with van der Waals surface area (Å²) in [6, 6.07) is -1.23. The van der Waals surface area contributed by atoms with E-state index in [2.05, 4.69) is 0 Å². The molecule has 6 nitrogen and oxygen atoms in total. The lowest BCUT2D eigenvalue weighted by molar-refractivity contribution is -0.154. The van der Waals surface area contributed by atoms with Crippen LogP contribution < -0.4 is 11.5 Å². The molecule has 0 rings (SSSR count). The van der Waals surface area contributed by atoms with Gasteiger partial charge in [-0.25, -0.2) is 0 Å². The maximum absolute atomic E-state index is 11.7. The van der Waals surface area contributed by atoms with Crippen molar-refractivity contribution in [3.8, 4) is 0 Å². The number of carboxylic acids is 1.